The number of piperidine rings is 1. The van der Waals surface area contributed by atoms with E-state index in [1.54, 1.807) is 17.9 Å². The molecule has 1 fully saturated rings. The number of aliphatic hydroxyl groups excluding tert-OH is 1. The molecular formula is C27H31N7O2. The molecule has 1 unspecified atom stereocenters. The van der Waals surface area contributed by atoms with E-state index >= 15 is 0 Å². The van der Waals surface area contributed by atoms with E-state index in [0.29, 0.717) is 36.0 Å². The van der Waals surface area contributed by atoms with E-state index in [1.807, 2.05) is 6.07 Å². The summed E-state index contributed by atoms with van der Waals surface area (Å²) in [6.45, 7) is 3.59. The lowest BCUT2D eigenvalue weighted by molar-refractivity contribution is 0.0983. The minimum atomic E-state index is -0.288. The van der Waals surface area contributed by atoms with Crippen LogP contribution in [0.2, 0.25) is 0 Å². The molecule has 0 radical (unpaired) electrons. The van der Waals surface area contributed by atoms with Crippen LogP contribution in [-0.4, -0.2) is 45.6 Å². The summed E-state index contributed by atoms with van der Waals surface area (Å²) in [5.41, 5.74) is 18.0. The third-order valence-electron chi connectivity index (χ3n) is 8.20. The molecule has 36 heavy (non-hydrogen) atoms. The Morgan fingerprint density at radius 3 is 2.64 bits per heavy atom. The summed E-state index contributed by atoms with van der Waals surface area (Å²) in [6.07, 6.45) is 3.53. The van der Waals surface area contributed by atoms with Gasteiger partial charge >= 0.3 is 0 Å². The van der Waals surface area contributed by atoms with Gasteiger partial charge in [-0.05, 0) is 54.9 Å². The van der Waals surface area contributed by atoms with E-state index in [9.17, 15) is 9.90 Å². The molecule has 1 amide bonds. The number of aliphatic hydroxyl groups is 1. The van der Waals surface area contributed by atoms with Crippen molar-refractivity contribution in [3.05, 3.63) is 70.3 Å². The van der Waals surface area contributed by atoms with Gasteiger partial charge < -0.3 is 26.4 Å². The van der Waals surface area contributed by atoms with Crippen molar-refractivity contribution in [1.82, 2.24) is 15.0 Å². The van der Waals surface area contributed by atoms with Gasteiger partial charge in [0.25, 0.3) is 5.91 Å². The fourth-order valence-corrected chi connectivity index (χ4v) is 6.19. The molecule has 6 rings (SSSR count). The molecule has 1 aliphatic carbocycles. The first-order chi connectivity index (χ1) is 17.4. The summed E-state index contributed by atoms with van der Waals surface area (Å²) >= 11 is 0. The summed E-state index contributed by atoms with van der Waals surface area (Å²) < 4.78 is 0. The van der Waals surface area contributed by atoms with Crippen molar-refractivity contribution in [3.63, 3.8) is 0 Å². The topological polar surface area (TPSA) is 134 Å². The standard InChI is InChI=1S/C27H31N7O2/c1-16-23(26(36)34-11-8-19-21(34)6-7-22(28)31-19)32-20(15-35)25(30-16)33-12-9-27(10-13-33)14-17-4-2-3-5-18(17)24(27)29/h2-7,24,35H,8-15,29H2,1H3,(H2,28,31). The number of pyridine rings is 1. The van der Waals surface area contributed by atoms with Gasteiger partial charge in [-0.3, -0.25) is 4.79 Å². The minimum absolute atomic E-state index is 0.0363. The Balaban J connectivity index is 1.23. The molecule has 1 spiro atoms. The number of nitrogens with two attached hydrogens (primary N) is 2. The number of fused-ring (bicyclic) bond motifs is 2. The first kappa shape index (κ1) is 22.9. The molecular weight excluding hydrogens is 454 g/mol. The minimum Gasteiger partial charge on any atom is -0.390 e. The largest absolute Gasteiger partial charge is 0.390 e. The van der Waals surface area contributed by atoms with Gasteiger partial charge in [-0.1, -0.05) is 24.3 Å². The number of carbonyl (C=O) groups excluding carboxylic acids is 1. The van der Waals surface area contributed by atoms with Gasteiger partial charge in [-0.25, -0.2) is 15.0 Å². The maximum absolute atomic E-state index is 13.4. The van der Waals surface area contributed by atoms with Crippen LogP contribution in [0.5, 0.6) is 0 Å². The van der Waals surface area contributed by atoms with Crippen LogP contribution in [-0.2, 0) is 19.4 Å². The monoisotopic (exact) mass is 485 g/mol. The number of nitrogens with zero attached hydrogens (tertiary/aromatic N) is 5. The lowest BCUT2D eigenvalue weighted by Gasteiger charge is -2.43. The highest BCUT2D eigenvalue weighted by Crippen LogP contribution is 2.51. The number of hydrogen-bond donors (Lipinski definition) is 3. The van der Waals surface area contributed by atoms with Crippen molar-refractivity contribution in [2.45, 2.75) is 45.3 Å². The fourth-order valence-electron chi connectivity index (χ4n) is 6.19. The van der Waals surface area contributed by atoms with E-state index in [1.165, 1.54) is 11.1 Å². The second kappa shape index (κ2) is 8.53. The second-order valence-corrected chi connectivity index (χ2v) is 10.2. The van der Waals surface area contributed by atoms with Crippen molar-refractivity contribution >= 4 is 23.2 Å². The number of carbonyl (C=O) groups is 1. The number of rotatable bonds is 3. The number of hydrogen-bond acceptors (Lipinski definition) is 8. The molecule has 9 nitrogen and oxygen atoms in total. The van der Waals surface area contributed by atoms with Gasteiger partial charge in [0.15, 0.2) is 5.82 Å². The quantitative estimate of drug-likeness (QED) is 0.514. The molecule has 1 saturated heterocycles. The van der Waals surface area contributed by atoms with Crippen molar-refractivity contribution in [1.29, 1.82) is 0 Å². The predicted octanol–water partition coefficient (Wildman–Crippen LogP) is 2.30. The zero-order valence-corrected chi connectivity index (χ0v) is 20.4. The Hall–Kier alpha value is -3.56. The van der Waals surface area contributed by atoms with E-state index in [-0.39, 0.29) is 29.7 Å². The molecule has 4 heterocycles. The number of benzene rings is 1. The number of aromatic nitrogens is 3. The van der Waals surface area contributed by atoms with Crippen LogP contribution in [0.4, 0.5) is 17.3 Å². The van der Waals surface area contributed by atoms with Crippen LogP contribution in [0, 0.1) is 12.3 Å². The third-order valence-corrected chi connectivity index (χ3v) is 8.20. The highest BCUT2D eigenvalue weighted by atomic mass is 16.3. The van der Waals surface area contributed by atoms with E-state index in [2.05, 4.69) is 39.1 Å². The van der Waals surface area contributed by atoms with Gasteiger partial charge in [-0.2, -0.15) is 0 Å². The summed E-state index contributed by atoms with van der Waals surface area (Å²) in [6, 6.07) is 12.0. The van der Waals surface area contributed by atoms with Gasteiger partial charge in [-0.15, -0.1) is 0 Å². The molecule has 5 N–H and O–H groups in total. The van der Waals surface area contributed by atoms with Gasteiger partial charge in [0, 0.05) is 32.1 Å². The Labute approximate surface area is 210 Å². The third kappa shape index (κ3) is 3.53. The zero-order chi connectivity index (χ0) is 25.0. The van der Waals surface area contributed by atoms with E-state index in [4.69, 9.17) is 16.5 Å². The summed E-state index contributed by atoms with van der Waals surface area (Å²) in [4.78, 5) is 31.1. The first-order valence-electron chi connectivity index (χ1n) is 12.5. The van der Waals surface area contributed by atoms with Crippen molar-refractivity contribution in [2.75, 3.05) is 35.2 Å². The Morgan fingerprint density at radius 2 is 1.89 bits per heavy atom. The van der Waals surface area contributed by atoms with Crippen molar-refractivity contribution in [2.24, 2.45) is 11.1 Å². The zero-order valence-electron chi connectivity index (χ0n) is 20.4. The SMILES string of the molecule is Cc1nc(N2CCC3(CC2)Cc2ccccc2C3N)c(CO)nc1C(=O)N1CCc2nc(N)ccc21. The van der Waals surface area contributed by atoms with E-state index in [0.717, 1.165) is 43.7 Å². The number of amides is 1. The summed E-state index contributed by atoms with van der Waals surface area (Å²) in [7, 11) is 0. The average Bonchev–Trinajstić information content (AvgIpc) is 3.42. The Bertz CT molecular complexity index is 1350. The summed E-state index contributed by atoms with van der Waals surface area (Å²) in [5.74, 6) is 0.859. The van der Waals surface area contributed by atoms with Gasteiger partial charge in [0.05, 0.1) is 23.7 Å². The summed E-state index contributed by atoms with van der Waals surface area (Å²) in [5, 5.41) is 10.2. The number of anilines is 3. The molecule has 3 aromatic rings. The lowest BCUT2D eigenvalue weighted by Crippen LogP contribution is -2.45. The number of nitrogen functional groups attached to an aromatic ring is 1. The maximum atomic E-state index is 13.4. The molecule has 2 aromatic heterocycles. The van der Waals surface area contributed by atoms with Gasteiger partial charge in [0.1, 0.15) is 17.2 Å². The first-order valence-corrected chi connectivity index (χ1v) is 12.5. The molecule has 9 heteroatoms. The molecule has 3 aliphatic rings. The molecule has 1 atom stereocenters. The van der Waals surface area contributed by atoms with Crippen LogP contribution >= 0.6 is 0 Å². The van der Waals surface area contributed by atoms with Gasteiger partial charge in [0.2, 0.25) is 0 Å². The van der Waals surface area contributed by atoms with Crippen molar-refractivity contribution < 1.29 is 9.90 Å². The molecule has 1 aromatic carbocycles. The molecule has 186 valence electrons. The van der Waals surface area contributed by atoms with E-state index < -0.39 is 0 Å². The normalized spacial score (nSPS) is 20.0. The van der Waals surface area contributed by atoms with Crippen LogP contribution in [0.3, 0.4) is 0 Å². The van der Waals surface area contributed by atoms with Crippen molar-refractivity contribution in [3.8, 4) is 0 Å². The average molecular weight is 486 g/mol. The van der Waals surface area contributed by atoms with Crippen LogP contribution in [0.25, 0.3) is 0 Å². The fraction of sp³-hybridized carbons (Fsp3) is 0.407. The lowest BCUT2D eigenvalue weighted by atomic mass is 9.73. The molecule has 0 bridgehead atoms. The Kier molecular flexibility index (Phi) is 5.42. The van der Waals surface area contributed by atoms with Crippen LogP contribution in [0.15, 0.2) is 36.4 Å². The number of aryl methyl sites for hydroxylation is 1. The predicted molar refractivity (Wildman–Crippen MR) is 138 cm³/mol. The smallest absolute Gasteiger partial charge is 0.278 e. The molecule has 0 saturated carbocycles. The molecule has 2 aliphatic heterocycles. The Morgan fingerprint density at radius 1 is 1.11 bits per heavy atom. The second-order valence-electron chi connectivity index (χ2n) is 10.2. The highest BCUT2D eigenvalue weighted by Gasteiger charge is 2.46. The van der Waals surface area contributed by atoms with Crippen LogP contribution < -0.4 is 21.3 Å². The van der Waals surface area contributed by atoms with Crippen LogP contribution in [0.1, 0.15) is 57.6 Å². The highest BCUT2D eigenvalue weighted by molar-refractivity contribution is 6.06. The maximum Gasteiger partial charge on any atom is 0.278 e.